The molecule has 0 bridgehead atoms. The van der Waals surface area contributed by atoms with Crippen molar-refractivity contribution in [2.24, 2.45) is 0 Å². The maximum atomic E-state index is 13.2. The topological polar surface area (TPSA) is 58.6 Å². The van der Waals surface area contributed by atoms with Gasteiger partial charge < -0.3 is 15.0 Å². The number of benzene rings is 1. The lowest BCUT2D eigenvalue weighted by atomic mass is 10.0. The van der Waals surface area contributed by atoms with Gasteiger partial charge in [0.1, 0.15) is 5.82 Å². The summed E-state index contributed by atoms with van der Waals surface area (Å²) in [5, 5.41) is 3.28. The number of esters is 1. The van der Waals surface area contributed by atoms with E-state index in [4.69, 9.17) is 0 Å². The van der Waals surface area contributed by atoms with E-state index in [1.54, 1.807) is 6.07 Å². The maximum absolute atomic E-state index is 13.2. The molecule has 1 fully saturated rings. The molecule has 2 rings (SSSR count). The number of ether oxygens (including phenoxy) is 1. The molecule has 6 heteroatoms. The van der Waals surface area contributed by atoms with Crippen molar-refractivity contribution >= 4 is 17.6 Å². The Morgan fingerprint density at radius 1 is 1.39 bits per heavy atom. The number of nitrogens with one attached hydrogen (secondary N) is 1. The molecule has 1 N–H and O–H groups in total. The highest BCUT2D eigenvalue weighted by Crippen LogP contribution is 2.18. The molecular weight excluding hydrogens is 299 g/mol. The van der Waals surface area contributed by atoms with Crippen LogP contribution in [0.15, 0.2) is 24.3 Å². The second-order valence-electron chi connectivity index (χ2n) is 5.76. The number of likely N-dealkylation sites (tertiary alicyclic amines) is 1. The predicted molar refractivity (Wildman–Crippen MR) is 85.5 cm³/mol. The number of carbonyl (C=O) groups excluding carboxylic acids is 2. The summed E-state index contributed by atoms with van der Waals surface area (Å²) in [4.78, 5) is 25.1. The number of nitrogens with zero attached hydrogens (tertiary/aromatic N) is 1. The zero-order valence-electron chi connectivity index (χ0n) is 13.4. The van der Waals surface area contributed by atoms with Crippen LogP contribution in [0.3, 0.4) is 0 Å². The van der Waals surface area contributed by atoms with E-state index in [9.17, 15) is 14.0 Å². The molecule has 1 amide bonds. The Labute approximate surface area is 135 Å². The summed E-state index contributed by atoms with van der Waals surface area (Å²) in [5.74, 6) is -0.511. The lowest BCUT2D eigenvalue weighted by molar-refractivity contribution is -0.141. The zero-order chi connectivity index (χ0) is 16.7. The molecule has 0 unspecified atom stereocenters. The van der Waals surface area contributed by atoms with E-state index in [2.05, 4.69) is 10.1 Å². The van der Waals surface area contributed by atoms with Crippen LogP contribution in [0.4, 0.5) is 10.1 Å². The predicted octanol–water partition coefficient (Wildman–Crippen LogP) is 2.57. The Balaban J connectivity index is 1.80. The molecule has 1 saturated heterocycles. The largest absolute Gasteiger partial charge is 0.469 e. The first-order chi connectivity index (χ1) is 11.1. The van der Waals surface area contributed by atoms with Crippen molar-refractivity contribution in [3.8, 4) is 0 Å². The van der Waals surface area contributed by atoms with Crippen molar-refractivity contribution in [1.82, 2.24) is 4.90 Å². The highest BCUT2D eigenvalue weighted by Gasteiger charge is 2.23. The SMILES string of the molecule is COC(=O)CCCC(=O)N1CCC[C@@H](Nc2cccc(F)c2)C1. The summed E-state index contributed by atoms with van der Waals surface area (Å²) < 4.78 is 17.8. The van der Waals surface area contributed by atoms with Gasteiger partial charge in [-0.2, -0.15) is 0 Å². The van der Waals surface area contributed by atoms with Crippen LogP contribution in [0, 0.1) is 5.82 Å². The van der Waals surface area contributed by atoms with E-state index < -0.39 is 0 Å². The fraction of sp³-hybridized carbons (Fsp3) is 0.529. The third-order valence-electron chi connectivity index (χ3n) is 3.97. The Bertz CT molecular complexity index is 550. The molecule has 126 valence electrons. The molecule has 1 aromatic carbocycles. The van der Waals surface area contributed by atoms with Gasteiger partial charge in [-0.15, -0.1) is 0 Å². The summed E-state index contributed by atoms with van der Waals surface area (Å²) in [7, 11) is 1.34. The van der Waals surface area contributed by atoms with E-state index in [-0.39, 0.29) is 30.2 Å². The van der Waals surface area contributed by atoms with Crippen molar-refractivity contribution in [3.63, 3.8) is 0 Å². The first-order valence-electron chi connectivity index (χ1n) is 7.95. The zero-order valence-corrected chi connectivity index (χ0v) is 13.4. The number of carbonyl (C=O) groups is 2. The molecule has 0 spiro atoms. The van der Waals surface area contributed by atoms with Gasteiger partial charge >= 0.3 is 5.97 Å². The highest BCUT2D eigenvalue weighted by atomic mass is 19.1. The Hall–Kier alpha value is -2.11. The van der Waals surface area contributed by atoms with Crippen LogP contribution in [0.25, 0.3) is 0 Å². The minimum Gasteiger partial charge on any atom is -0.469 e. The minimum atomic E-state index is -0.290. The van der Waals surface area contributed by atoms with Crippen molar-refractivity contribution in [3.05, 3.63) is 30.1 Å². The number of piperidine rings is 1. The van der Waals surface area contributed by atoms with Crippen molar-refractivity contribution in [1.29, 1.82) is 0 Å². The molecule has 0 aromatic heterocycles. The van der Waals surface area contributed by atoms with Gasteiger partial charge in [0.05, 0.1) is 7.11 Å². The Morgan fingerprint density at radius 3 is 2.96 bits per heavy atom. The van der Waals surface area contributed by atoms with E-state index in [0.717, 1.165) is 25.1 Å². The third kappa shape index (κ3) is 5.54. The number of hydrogen-bond acceptors (Lipinski definition) is 4. The number of amides is 1. The van der Waals surface area contributed by atoms with Crippen LogP contribution in [0.2, 0.25) is 0 Å². The lowest BCUT2D eigenvalue weighted by Crippen LogP contribution is -2.45. The molecule has 1 aliphatic rings. The third-order valence-corrected chi connectivity index (χ3v) is 3.97. The van der Waals surface area contributed by atoms with Crippen LogP contribution in [0.1, 0.15) is 32.1 Å². The first-order valence-corrected chi connectivity index (χ1v) is 7.95. The van der Waals surface area contributed by atoms with Gasteiger partial charge in [-0.3, -0.25) is 9.59 Å². The fourth-order valence-electron chi connectivity index (χ4n) is 2.78. The van der Waals surface area contributed by atoms with Crippen LogP contribution < -0.4 is 5.32 Å². The molecule has 1 heterocycles. The van der Waals surface area contributed by atoms with E-state index in [1.165, 1.54) is 19.2 Å². The molecule has 5 nitrogen and oxygen atoms in total. The molecule has 0 saturated carbocycles. The van der Waals surface area contributed by atoms with Crippen LogP contribution in [-0.4, -0.2) is 43.0 Å². The van der Waals surface area contributed by atoms with E-state index in [1.807, 2.05) is 11.0 Å². The van der Waals surface area contributed by atoms with Gasteiger partial charge in [-0.05, 0) is 37.5 Å². The Kier molecular flexibility index (Phi) is 6.38. The normalized spacial score (nSPS) is 17.7. The summed E-state index contributed by atoms with van der Waals surface area (Å²) in [6.07, 6.45) is 2.98. The highest BCUT2D eigenvalue weighted by molar-refractivity contribution is 5.77. The molecule has 23 heavy (non-hydrogen) atoms. The fourth-order valence-corrected chi connectivity index (χ4v) is 2.78. The van der Waals surface area contributed by atoms with Crippen molar-refractivity contribution in [2.45, 2.75) is 38.1 Å². The smallest absolute Gasteiger partial charge is 0.305 e. The molecule has 1 aliphatic heterocycles. The average Bonchev–Trinajstić information content (AvgIpc) is 2.55. The molecule has 0 radical (unpaired) electrons. The quantitative estimate of drug-likeness (QED) is 0.818. The molecule has 0 aliphatic carbocycles. The summed E-state index contributed by atoms with van der Waals surface area (Å²) in [6, 6.07) is 6.46. The van der Waals surface area contributed by atoms with Gasteiger partial charge in [0.25, 0.3) is 0 Å². The summed E-state index contributed by atoms with van der Waals surface area (Å²) in [6.45, 7) is 1.34. The Morgan fingerprint density at radius 2 is 2.22 bits per heavy atom. The van der Waals surface area contributed by atoms with Crippen LogP contribution in [-0.2, 0) is 14.3 Å². The van der Waals surface area contributed by atoms with Gasteiger partial charge in [0, 0.05) is 37.7 Å². The number of methoxy groups -OCH3 is 1. The summed E-state index contributed by atoms with van der Waals surface area (Å²) in [5.41, 5.74) is 0.731. The average molecular weight is 322 g/mol. The van der Waals surface area contributed by atoms with Crippen LogP contribution >= 0.6 is 0 Å². The standard InChI is InChI=1S/C17H23FN2O3/c1-23-17(22)9-3-8-16(21)20-10-4-7-15(12-20)19-14-6-2-5-13(18)11-14/h2,5-6,11,15,19H,3-4,7-10,12H2,1H3/t15-/m1/s1. The monoisotopic (exact) mass is 322 g/mol. The molecular formula is C17H23FN2O3. The van der Waals surface area contributed by atoms with Crippen molar-refractivity contribution in [2.75, 3.05) is 25.5 Å². The second-order valence-corrected chi connectivity index (χ2v) is 5.76. The van der Waals surface area contributed by atoms with Crippen LogP contribution in [0.5, 0.6) is 0 Å². The number of halogens is 1. The number of anilines is 1. The minimum absolute atomic E-state index is 0.0552. The lowest BCUT2D eigenvalue weighted by Gasteiger charge is -2.33. The summed E-state index contributed by atoms with van der Waals surface area (Å²) >= 11 is 0. The molecule has 1 atom stereocenters. The van der Waals surface area contributed by atoms with Gasteiger partial charge in [0.2, 0.25) is 5.91 Å². The number of rotatable bonds is 6. The van der Waals surface area contributed by atoms with Gasteiger partial charge in [-0.1, -0.05) is 6.07 Å². The first kappa shape index (κ1) is 17.2. The number of hydrogen-bond donors (Lipinski definition) is 1. The van der Waals surface area contributed by atoms with Gasteiger partial charge in [0.15, 0.2) is 0 Å². The van der Waals surface area contributed by atoms with Crippen molar-refractivity contribution < 1.29 is 18.7 Å². The second kappa shape index (κ2) is 8.50. The van der Waals surface area contributed by atoms with Gasteiger partial charge in [-0.25, -0.2) is 4.39 Å². The molecule has 1 aromatic rings. The van der Waals surface area contributed by atoms with E-state index in [0.29, 0.717) is 19.4 Å². The maximum Gasteiger partial charge on any atom is 0.305 e. The van der Waals surface area contributed by atoms with E-state index >= 15 is 0 Å².